The van der Waals surface area contributed by atoms with Crippen LogP contribution in [0.2, 0.25) is 0 Å². The Balaban J connectivity index is 1.92. The summed E-state index contributed by atoms with van der Waals surface area (Å²) in [5, 5.41) is 8.78. The molecule has 0 radical (unpaired) electrons. The molecule has 0 aliphatic heterocycles. The van der Waals surface area contributed by atoms with Crippen molar-refractivity contribution in [3.63, 3.8) is 0 Å². The second-order valence-electron chi connectivity index (χ2n) is 7.66. The highest BCUT2D eigenvalue weighted by Gasteiger charge is 2.39. The highest BCUT2D eigenvalue weighted by molar-refractivity contribution is 5.99. The molecule has 0 bridgehead atoms. The quantitative estimate of drug-likeness (QED) is 0.297. The standard InChI is InChI=1S/C25H19F4N5O3/c1-30-21(35)13-18(14-5-9-17(37-2)10-6-14)19-11-12-20-31-23(32-24(36)25(27,28)29)22(34(20)33-19)15-3-7-16(26)8-4-15/h3-13H,1-2H3,(H,30,35)(H,32,36)/b18-13+. The first-order chi connectivity index (χ1) is 17.6. The topological polar surface area (TPSA) is 97.6 Å². The van der Waals surface area contributed by atoms with E-state index in [0.717, 1.165) is 12.1 Å². The van der Waals surface area contributed by atoms with Crippen LogP contribution >= 0.6 is 0 Å². The highest BCUT2D eigenvalue weighted by atomic mass is 19.4. The third-order valence-electron chi connectivity index (χ3n) is 5.28. The van der Waals surface area contributed by atoms with Crippen molar-refractivity contribution >= 4 is 28.9 Å². The molecular formula is C25H19F4N5O3. The molecule has 4 aromatic rings. The Bertz CT molecular complexity index is 1490. The van der Waals surface area contributed by atoms with Gasteiger partial charge >= 0.3 is 12.1 Å². The number of ether oxygens (including phenoxy) is 1. The Morgan fingerprint density at radius 1 is 1.00 bits per heavy atom. The molecule has 0 saturated heterocycles. The van der Waals surface area contributed by atoms with Gasteiger partial charge in [0.25, 0.3) is 0 Å². The first-order valence-corrected chi connectivity index (χ1v) is 10.7. The Morgan fingerprint density at radius 3 is 2.27 bits per heavy atom. The number of carbonyl (C=O) groups is 2. The maximum absolute atomic E-state index is 13.6. The number of carbonyl (C=O) groups excluding carboxylic acids is 2. The van der Waals surface area contributed by atoms with Crippen molar-refractivity contribution in [3.05, 3.63) is 83.8 Å². The third kappa shape index (κ3) is 5.42. The molecule has 0 spiro atoms. The van der Waals surface area contributed by atoms with Crippen LogP contribution in [0.15, 0.2) is 66.7 Å². The molecule has 8 nitrogen and oxygen atoms in total. The fourth-order valence-corrected chi connectivity index (χ4v) is 3.49. The summed E-state index contributed by atoms with van der Waals surface area (Å²) >= 11 is 0. The highest BCUT2D eigenvalue weighted by Crippen LogP contribution is 2.32. The SMILES string of the molecule is CNC(=O)/C=C(\c1ccc(OC)cc1)c1ccc2nc(NC(=O)C(F)(F)F)c(-c3ccc(F)cc3)n2n1. The van der Waals surface area contributed by atoms with Gasteiger partial charge in [-0.3, -0.25) is 9.59 Å². The fourth-order valence-electron chi connectivity index (χ4n) is 3.49. The molecule has 2 heterocycles. The number of hydrogen-bond acceptors (Lipinski definition) is 5. The predicted octanol–water partition coefficient (Wildman–Crippen LogP) is 4.22. The van der Waals surface area contributed by atoms with Gasteiger partial charge in [-0.25, -0.2) is 13.9 Å². The van der Waals surface area contributed by atoms with E-state index in [9.17, 15) is 27.2 Å². The zero-order valence-electron chi connectivity index (χ0n) is 19.4. The number of imidazole rings is 1. The summed E-state index contributed by atoms with van der Waals surface area (Å²) in [5.74, 6) is -3.04. The van der Waals surface area contributed by atoms with E-state index in [0.29, 0.717) is 16.9 Å². The Kier molecular flexibility index (Phi) is 6.92. The molecule has 0 aliphatic rings. The molecule has 0 aliphatic carbocycles. The van der Waals surface area contributed by atoms with E-state index in [1.807, 2.05) is 0 Å². The molecule has 0 atom stereocenters. The summed E-state index contributed by atoms with van der Waals surface area (Å²) in [7, 11) is 2.97. The van der Waals surface area contributed by atoms with E-state index >= 15 is 0 Å². The zero-order chi connectivity index (χ0) is 26.7. The molecule has 0 unspecified atom stereocenters. The van der Waals surface area contributed by atoms with E-state index in [-0.39, 0.29) is 22.6 Å². The smallest absolute Gasteiger partial charge is 0.471 e. The monoisotopic (exact) mass is 513 g/mol. The maximum atomic E-state index is 13.6. The molecule has 2 amide bonds. The number of nitrogens with zero attached hydrogens (tertiary/aromatic N) is 3. The third-order valence-corrected chi connectivity index (χ3v) is 5.28. The number of rotatable bonds is 6. The van der Waals surface area contributed by atoms with Gasteiger partial charge in [-0.15, -0.1) is 0 Å². The van der Waals surface area contributed by atoms with Crippen LogP contribution in [-0.2, 0) is 9.59 Å². The van der Waals surface area contributed by atoms with E-state index in [2.05, 4.69) is 15.4 Å². The number of methoxy groups -OCH3 is 1. The Morgan fingerprint density at radius 2 is 1.68 bits per heavy atom. The molecule has 0 fully saturated rings. The number of benzene rings is 2. The molecule has 12 heteroatoms. The first-order valence-electron chi connectivity index (χ1n) is 10.7. The van der Waals surface area contributed by atoms with Crippen LogP contribution in [0.4, 0.5) is 23.4 Å². The second kappa shape index (κ2) is 10.1. The number of hydrogen-bond donors (Lipinski definition) is 2. The van der Waals surface area contributed by atoms with Gasteiger partial charge in [0.2, 0.25) is 5.91 Å². The second-order valence-corrected chi connectivity index (χ2v) is 7.66. The van der Waals surface area contributed by atoms with E-state index in [1.165, 1.54) is 49.0 Å². The van der Waals surface area contributed by atoms with Gasteiger partial charge in [0.15, 0.2) is 11.5 Å². The van der Waals surface area contributed by atoms with Gasteiger partial charge in [0.1, 0.15) is 17.3 Å². The number of fused-ring (bicyclic) bond motifs is 1. The van der Waals surface area contributed by atoms with Crippen molar-refractivity contribution in [2.75, 3.05) is 19.5 Å². The number of likely N-dealkylation sites (N-methyl/N-ethyl adjacent to an activating group) is 1. The summed E-state index contributed by atoms with van der Waals surface area (Å²) in [6, 6.07) is 14.7. The van der Waals surface area contributed by atoms with Crippen LogP contribution in [0.3, 0.4) is 0 Å². The molecule has 0 saturated carbocycles. The number of nitrogens with one attached hydrogen (secondary N) is 2. The van der Waals surface area contributed by atoms with Crippen molar-refractivity contribution in [3.8, 4) is 17.0 Å². The summed E-state index contributed by atoms with van der Waals surface area (Å²) in [5.41, 5.74) is 1.61. The van der Waals surface area contributed by atoms with Gasteiger partial charge < -0.3 is 15.4 Å². The summed E-state index contributed by atoms with van der Waals surface area (Å²) < 4.78 is 58.9. The number of amides is 2. The Labute approximate surface area is 207 Å². The van der Waals surface area contributed by atoms with Crippen LogP contribution < -0.4 is 15.4 Å². The summed E-state index contributed by atoms with van der Waals surface area (Å²) in [6.07, 6.45) is -3.84. The lowest BCUT2D eigenvalue weighted by molar-refractivity contribution is -0.167. The normalized spacial score (nSPS) is 11.9. The average molecular weight is 513 g/mol. The minimum atomic E-state index is -5.16. The number of anilines is 1. The van der Waals surface area contributed by atoms with Gasteiger partial charge in [0.05, 0.1) is 12.8 Å². The number of aromatic nitrogens is 3. The van der Waals surface area contributed by atoms with Gasteiger partial charge in [-0.05, 0) is 54.1 Å². The largest absolute Gasteiger partial charge is 0.497 e. The lowest BCUT2D eigenvalue weighted by Gasteiger charge is -2.11. The summed E-state index contributed by atoms with van der Waals surface area (Å²) in [4.78, 5) is 28.0. The lowest BCUT2D eigenvalue weighted by Crippen LogP contribution is -2.30. The molecule has 2 aromatic heterocycles. The van der Waals surface area contributed by atoms with Gasteiger partial charge in [0, 0.05) is 24.3 Å². The van der Waals surface area contributed by atoms with Crippen molar-refractivity contribution in [1.82, 2.24) is 19.9 Å². The maximum Gasteiger partial charge on any atom is 0.471 e. The van der Waals surface area contributed by atoms with Crippen molar-refractivity contribution < 1.29 is 31.9 Å². The van der Waals surface area contributed by atoms with Crippen LogP contribution in [0, 0.1) is 5.82 Å². The van der Waals surface area contributed by atoms with Crippen LogP contribution in [-0.4, -0.2) is 46.7 Å². The van der Waals surface area contributed by atoms with Crippen LogP contribution in [0.5, 0.6) is 5.75 Å². The number of alkyl halides is 3. The fraction of sp³-hybridized carbons (Fsp3) is 0.120. The number of halogens is 4. The van der Waals surface area contributed by atoms with E-state index < -0.39 is 29.6 Å². The molecule has 2 aromatic carbocycles. The van der Waals surface area contributed by atoms with E-state index in [1.54, 1.807) is 29.6 Å². The van der Waals surface area contributed by atoms with E-state index in [4.69, 9.17) is 4.74 Å². The molecule has 37 heavy (non-hydrogen) atoms. The Hall–Kier alpha value is -4.74. The lowest BCUT2D eigenvalue weighted by atomic mass is 10.0. The minimum Gasteiger partial charge on any atom is -0.497 e. The van der Waals surface area contributed by atoms with Crippen molar-refractivity contribution in [2.45, 2.75) is 6.18 Å². The molecule has 4 rings (SSSR count). The van der Waals surface area contributed by atoms with Gasteiger partial charge in [-0.2, -0.15) is 18.3 Å². The predicted molar refractivity (Wildman–Crippen MR) is 127 cm³/mol. The summed E-state index contributed by atoms with van der Waals surface area (Å²) in [6.45, 7) is 0. The minimum absolute atomic E-state index is 0.0107. The van der Waals surface area contributed by atoms with Crippen LogP contribution in [0.25, 0.3) is 22.5 Å². The molecule has 190 valence electrons. The molecular weight excluding hydrogens is 494 g/mol. The first kappa shape index (κ1) is 25.4. The van der Waals surface area contributed by atoms with Gasteiger partial charge in [-0.1, -0.05) is 12.1 Å². The zero-order valence-corrected chi connectivity index (χ0v) is 19.4. The molecule has 2 N–H and O–H groups in total. The van der Waals surface area contributed by atoms with Crippen molar-refractivity contribution in [1.29, 1.82) is 0 Å². The van der Waals surface area contributed by atoms with Crippen LogP contribution in [0.1, 0.15) is 11.3 Å². The van der Waals surface area contributed by atoms with Crippen molar-refractivity contribution in [2.24, 2.45) is 0 Å². The average Bonchev–Trinajstić information content (AvgIpc) is 3.24.